The van der Waals surface area contributed by atoms with Crippen molar-refractivity contribution in [2.75, 3.05) is 0 Å². The molecule has 28 heavy (non-hydrogen) atoms. The summed E-state index contributed by atoms with van der Waals surface area (Å²) in [6.45, 7) is 6.48. The van der Waals surface area contributed by atoms with Gasteiger partial charge in [0.15, 0.2) is 0 Å². The third-order valence-corrected chi connectivity index (χ3v) is 4.58. The second-order valence-corrected chi connectivity index (χ2v) is 6.94. The number of fused-ring (bicyclic) bond motifs is 1. The van der Waals surface area contributed by atoms with Gasteiger partial charge in [-0.2, -0.15) is 4.98 Å². The van der Waals surface area contributed by atoms with E-state index in [2.05, 4.69) is 21.2 Å². The fourth-order valence-corrected chi connectivity index (χ4v) is 3.42. The molecule has 0 bridgehead atoms. The first kappa shape index (κ1) is 17.9. The van der Waals surface area contributed by atoms with E-state index in [0.29, 0.717) is 34.9 Å². The van der Waals surface area contributed by atoms with E-state index in [9.17, 15) is 9.59 Å². The first-order chi connectivity index (χ1) is 13.5. The summed E-state index contributed by atoms with van der Waals surface area (Å²) in [4.78, 5) is 31.3. The van der Waals surface area contributed by atoms with E-state index in [1.54, 1.807) is 12.1 Å². The number of aryl methyl sites for hydroxylation is 3. The summed E-state index contributed by atoms with van der Waals surface area (Å²) < 4.78 is 6.94. The molecule has 1 N–H and O–H groups in total. The van der Waals surface area contributed by atoms with E-state index in [1.807, 2.05) is 39.0 Å². The highest BCUT2D eigenvalue weighted by atomic mass is 16.5. The van der Waals surface area contributed by atoms with Crippen molar-refractivity contribution in [1.29, 1.82) is 0 Å². The molecule has 2 heterocycles. The maximum absolute atomic E-state index is 12.1. The number of aromatic nitrogens is 4. The molecule has 4 rings (SSSR count). The van der Waals surface area contributed by atoms with Crippen LogP contribution >= 0.6 is 0 Å². The van der Waals surface area contributed by atoms with Crippen LogP contribution in [0.2, 0.25) is 0 Å². The van der Waals surface area contributed by atoms with Gasteiger partial charge in [0.2, 0.25) is 5.82 Å². The number of nitrogens with zero attached hydrogens (tertiary/aromatic N) is 3. The zero-order chi connectivity index (χ0) is 19.8. The molecular weight excluding hydrogens is 356 g/mol. The van der Waals surface area contributed by atoms with Crippen LogP contribution in [0.5, 0.6) is 0 Å². The third kappa shape index (κ3) is 3.15. The Hall–Kier alpha value is -3.48. The molecule has 7 nitrogen and oxygen atoms in total. The van der Waals surface area contributed by atoms with Crippen LogP contribution in [-0.2, 0) is 6.54 Å². The lowest BCUT2D eigenvalue weighted by atomic mass is 10.1. The van der Waals surface area contributed by atoms with Crippen LogP contribution in [-0.4, -0.2) is 19.7 Å². The van der Waals surface area contributed by atoms with Gasteiger partial charge in [0.25, 0.3) is 5.89 Å². The van der Waals surface area contributed by atoms with Crippen LogP contribution in [0.25, 0.3) is 33.9 Å². The van der Waals surface area contributed by atoms with Crippen molar-refractivity contribution in [2.45, 2.75) is 33.7 Å². The van der Waals surface area contributed by atoms with Gasteiger partial charge in [-0.25, -0.2) is 0 Å². The van der Waals surface area contributed by atoms with E-state index >= 15 is 0 Å². The van der Waals surface area contributed by atoms with Crippen LogP contribution in [0, 0.1) is 13.8 Å². The van der Waals surface area contributed by atoms with Crippen LogP contribution in [0.3, 0.4) is 0 Å². The molecule has 142 valence electrons. The summed E-state index contributed by atoms with van der Waals surface area (Å²) in [6, 6.07) is 11.4. The van der Waals surface area contributed by atoms with Gasteiger partial charge in [0.05, 0.1) is 11.0 Å². The van der Waals surface area contributed by atoms with Gasteiger partial charge in [-0.15, -0.1) is 0 Å². The maximum atomic E-state index is 12.1. The topological polar surface area (TPSA) is 93.8 Å². The molecule has 0 aliphatic carbocycles. The Kier molecular flexibility index (Phi) is 4.43. The Morgan fingerprint density at radius 1 is 1.04 bits per heavy atom. The Morgan fingerprint density at radius 3 is 2.50 bits per heavy atom. The molecule has 0 saturated heterocycles. The number of nitrogens with one attached hydrogen (secondary N) is 1. The standard InChI is InChI=1S/C21H20N4O3/c1-4-7-25-17-6-5-14(11-16(17)22-19(26)21(25)27)18-23-20(28-24-18)15-9-12(2)8-13(3)10-15/h5-6,8-11H,4,7H2,1-3H3,(H,22,26). The summed E-state index contributed by atoms with van der Waals surface area (Å²) in [5, 5.41) is 4.08. The lowest BCUT2D eigenvalue weighted by Gasteiger charge is -2.08. The molecule has 0 unspecified atom stereocenters. The van der Waals surface area contributed by atoms with E-state index in [1.165, 1.54) is 4.57 Å². The highest BCUT2D eigenvalue weighted by Crippen LogP contribution is 2.25. The Balaban J connectivity index is 1.80. The first-order valence-corrected chi connectivity index (χ1v) is 9.16. The number of benzene rings is 2. The molecule has 0 amide bonds. The van der Waals surface area contributed by atoms with Gasteiger partial charge < -0.3 is 14.1 Å². The molecule has 0 aliphatic heterocycles. The van der Waals surface area contributed by atoms with Gasteiger partial charge in [-0.05, 0) is 50.6 Å². The van der Waals surface area contributed by atoms with Gasteiger partial charge in [-0.1, -0.05) is 29.3 Å². The minimum absolute atomic E-state index is 0.421. The Bertz CT molecular complexity index is 1280. The molecule has 0 saturated carbocycles. The second-order valence-electron chi connectivity index (χ2n) is 6.94. The smallest absolute Gasteiger partial charge is 0.316 e. The molecule has 4 aromatic rings. The first-order valence-electron chi connectivity index (χ1n) is 9.16. The van der Waals surface area contributed by atoms with Gasteiger partial charge >= 0.3 is 11.1 Å². The number of rotatable bonds is 4. The number of hydrogen-bond acceptors (Lipinski definition) is 5. The van der Waals surface area contributed by atoms with Gasteiger partial charge in [-0.3, -0.25) is 9.59 Å². The fourth-order valence-electron chi connectivity index (χ4n) is 3.42. The van der Waals surface area contributed by atoms with Crippen LogP contribution in [0.15, 0.2) is 50.5 Å². The maximum Gasteiger partial charge on any atom is 0.316 e. The molecule has 0 atom stereocenters. The lowest BCUT2D eigenvalue weighted by molar-refractivity contribution is 0.432. The summed E-state index contributed by atoms with van der Waals surface area (Å²) in [6.07, 6.45) is 0.754. The molecule has 0 radical (unpaired) electrons. The van der Waals surface area contributed by atoms with Gasteiger partial charge in [0.1, 0.15) is 0 Å². The zero-order valence-electron chi connectivity index (χ0n) is 15.9. The predicted octanol–water partition coefficient (Wildman–Crippen LogP) is 3.43. The number of hydrogen-bond donors (Lipinski definition) is 1. The monoisotopic (exact) mass is 376 g/mol. The zero-order valence-corrected chi connectivity index (χ0v) is 15.9. The third-order valence-electron chi connectivity index (χ3n) is 4.58. The van der Waals surface area contributed by atoms with E-state index in [4.69, 9.17) is 4.52 Å². The highest BCUT2D eigenvalue weighted by molar-refractivity contribution is 5.80. The normalized spacial score (nSPS) is 11.2. The van der Waals surface area contributed by atoms with Crippen LogP contribution < -0.4 is 11.1 Å². The van der Waals surface area contributed by atoms with Crippen molar-refractivity contribution in [3.63, 3.8) is 0 Å². The minimum atomic E-state index is -0.637. The molecule has 2 aromatic carbocycles. The molecule has 2 aromatic heterocycles. The average molecular weight is 376 g/mol. The molecule has 0 fully saturated rings. The summed E-state index contributed by atoms with van der Waals surface area (Å²) >= 11 is 0. The second kappa shape index (κ2) is 6.92. The predicted molar refractivity (Wildman–Crippen MR) is 107 cm³/mol. The minimum Gasteiger partial charge on any atom is -0.334 e. The van der Waals surface area contributed by atoms with E-state index in [0.717, 1.165) is 23.1 Å². The van der Waals surface area contributed by atoms with Crippen molar-refractivity contribution in [3.8, 4) is 22.8 Å². The number of aromatic amines is 1. The van der Waals surface area contributed by atoms with Crippen molar-refractivity contribution in [3.05, 3.63) is 68.2 Å². The molecule has 0 aliphatic rings. The number of H-pyrrole nitrogens is 1. The van der Waals surface area contributed by atoms with Crippen molar-refractivity contribution in [2.24, 2.45) is 0 Å². The summed E-state index contributed by atoms with van der Waals surface area (Å²) in [5.41, 5.74) is 3.85. The molecule has 7 heteroatoms. The average Bonchev–Trinajstić information content (AvgIpc) is 3.14. The van der Waals surface area contributed by atoms with Crippen molar-refractivity contribution >= 4 is 11.0 Å². The Morgan fingerprint density at radius 2 is 1.79 bits per heavy atom. The molecule has 0 spiro atoms. The van der Waals surface area contributed by atoms with Gasteiger partial charge in [0, 0.05) is 17.7 Å². The summed E-state index contributed by atoms with van der Waals surface area (Å²) in [5.74, 6) is 0.858. The van der Waals surface area contributed by atoms with E-state index < -0.39 is 11.1 Å². The van der Waals surface area contributed by atoms with Crippen LogP contribution in [0.4, 0.5) is 0 Å². The Labute approximate surface area is 160 Å². The fraction of sp³-hybridized carbons (Fsp3) is 0.238. The quantitative estimate of drug-likeness (QED) is 0.551. The SMILES string of the molecule is CCCn1c(=O)c(=O)[nH]c2cc(-c3noc(-c4cc(C)cc(C)c4)n3)ccc21. The summed E-state index contributed by atoms with van der Waals surface area (Å²) in [7, 11) is 0. The highest BCUT2D eigenvalue weighted by Gasteiger charge is 2.14. The van der Waals surface area contributed by atoms with Crippen molar-refractivity contribution in [1.82, 2.24) is 19.7 Å². The van der Waals surface area contributed by atoms with E-state index in [-0.39, 0.29) is 0 Å². The largest absolute Gasteiger partial charge is 0.334 e. The van der Waals surface area contributed by atoms with Crippen LogP contribution in [0.1, 0.15) is 24.5 Å². The van der Waals surface area contributed by atoms with Crippen molar-refractivity contribution < 1.29 is 4.52 Å². The lowest BCUT2D eigenvalue weighted by Crippen LogP contribution is -2.36. The molecular formula is C21H20N4O3.